The van der Waals surface area contributed by atoms with Gasteiger partial charge in [0, 0.05) is 23.7 Å². The summed E-state index contributed by atoms with van der Waals surface area (Å²) in [5.74, 6) is -1.62. The lowest BCUT2D eigenvalue weighted by Gasteiger charge is -2.31. The number of amides is 1. The lowest BCUT2D eigenvalue weighted by molar-refractivity contribution is 0.0493. The molecule has 2 aromatic carbocycles. The smallest absolute Gasteiger partial charge is 0.254 e. The Morgan fingerprint density at radius 3 is 2.32 bits per heavy atom. The summed E-state index contributed by atoms with van der Waals surface area (Å²) in [4.78, 5) is 13.9. The molecule has 0 heterocycles. The highest BCUT2D eigenvalue weighted by atomic mass is 19.1. The molecule has 0 fully saturated rings. The molecule has 0 radical (unpaired) electrons. The van der Waals surface area contributed by atoms with Gasteiger partial charge >= 0.3 is 0 Å². The number of carbonyl (C=O) groups excluding carboxylic acids is 1. The second-order valence-electron chi connectivity index (χ2n) is 5.73. The van der Waals surface area contributed by atoms with Crippen LogP contribution in [0.5, 0.6) is 0 Å². The molecule has 0 saturated heterocycles. The number of hydrogen-bond acceptors (Lipinski definition) is 4. The first kappa shape index (κ1) is 19.0. The Morgan fingerprint density at radius 1 is 1.12 bits per heavy atom. The van der Waals surface area contributed by atoms with Crippen LogP contribution in [0.2, 0.25) is 0 Å². The first-order valence-corrected chi connectivity index (χ1v) is 7.79. The van der Waals surface area contributed by atoms with E-state index >= 15 is 0 Å². The molecule has 0 bridgehead atoms. The predicted molar refractivity (Wildman–Crippen MR) is 91.1 cm³/mol. The van der Waals surface area contributed by atoms with Crippen molar-refractivity contribution in [1.82, 2.24) is 15.7 Å². The van der Waals surface area contributed by atoms with Crippen molar-refractivity contribution < 1.29 is 18.8 Å². The van der Waals surface area contributed by atoms with E-state index in [9.17, 15) is 13.6 Å². The molecule has 2 atom stereocenters. The molecule has 0 aliphatic heterocycles. The topological polar surface area (TPSA) is 64.6 Å². The Labute approximate surface area is 145 Å². The summed E-state index contributed by atoms with van der Waals surface area (Å²) in [6, 6.07) is 9.41. The number of carbonyl (C=O) groups is 1. The van der Waals surface area contributed by atoms with Gasteiger partial charge in [-0.05, 0) is 32.2 Å². The maximum Gasteiger partial charge on any atom is 0.254 e. The highest BCUT2D eigenvalue weighted by molar-refractivity contribution is 5.94. The van der Waals surface area contributed by atoms with Gasteiger partial charge in [-0.25, -0.2) is 8.78 Å². The third-order valence-corrected chi connectivity index (χ3v) is 4.24. The number of hydrogen-bond donors (Lipinski definition) is 3. The van der Waals surface area contributed by atoms with Gasteiger partial charge in [-0.1, -0.05) is 24.3 Å². The molecule has 0 aliphatic rings. The number of nitrogens with one attached hydrogen (secondary N) is 2. The van der Waals surface area contributed by atoms with Crippen LogP contribution in [0.15, 0.2) is 42.5 Å². The van der Waals surface area contributed by atoms with Gasteiger partial charge in [0.2, 0.25) is 0 Å². The lowest BCUT2D eigenvalue weighted by Crippen LogP contribution is -2.54. The maximum absolute atomic E-state index is 14.4. The predicted octanol–water partition coefficient (Wildman–Crippen LogP) is 2.62. The SMILES string of the molecule is CNC(NO)C(C)N(C)C(=O)c1ccc(-c2ccccc2F)c(F)c1. The zero-order valence-electron chi connectivity index (χ0n) is 14.3. The van der Waals surface area contributed by atoms with E-state index in [1.165, 1.54) is 35.2 Å². The van der Waals surface area contributed by atoms with Gasteiger partial charge in [0.25, 0.3) is 5.91 Å². The summed E-state index contributed by atoms with van der Waals surface area (Å²) in [7, 11) is 3.18. The van der Waals surface area contributed by atoms with Crippen LogP contribution in [0, 0.1) is 11.6 Å². The number of benzene rings is 2. The van der Waals surface area contributed by atoms with Crippen molar-refractivity contribution in [2.24, 2.45) is 0 Å². The normalized spacial score (nSPS) is 13.4. The van der Waals surface area contributed by atoms with Gasteiger partial charge in [0.1, 0.15) is 17.8 Å². The summed E-state index contributed by atoms with van der Waals surface area (Å²) in [5.41, 5.74) is 2.44. The van der Waals surface area contributed by atoms with Crippen LogP contribution in [0.4, 0.5) is 8.78 Å². The van der Waals surface area contributed by atoms with Crippen molar-refractivity contribution in [2.75, 3.05) is 14.1 Å². The Hall–Kier alpha value is -2.35. The molecule has 2 aromatic rings. The fourth-order valence-electron chi connectivity index (χ4n) is 2.57. The Bertz CT molecular complexity index is 751. The summed E-state index contributed by atoms with van der Waals surface area (Å²) < 4.78 is 28.3. The number of halogens is 2. The van der Waals surface area contributed by atoms with E-state index in [-0.39, 0.29) is 16.7 Å². The monoisotopic (exact) mass is 349 g/mol. The van der Waals surface area contributed by atoms with Crippen LogP contribution in [-0.2, 0) is 0 Å². The average molecular weight is 349 g/mol. The summed E-state index contributed by atoms with van der Waals surface area (Å²) in [6.07, 6.45) is -0.545. The molecule has 3 N–H and O–H groups in total. The minimum absolute atomic E-state index is 0.0930. The Morgan fingerprint density at radius 2 is 1.76 bits per heavy atom. The fourth-order valence-corrected chi connectivity index (χ4v) is 2.57. The van der Waals surface area contributed by atoms with Gasteiger partial charge in [-0.3, -0.25) is 4.79 Å². The minimum atomic E-state index is -0.678. The van der Waals surface area contributed by atoms with Crippen molar-refractivity contribution in [3.05, 3.63) is 59.7 Å². The highest BCUT2D eigenvalue weighted by Gasteiger charge is 2.24. The molecule has 25 heavy (non-hydrogen) atoms. The van der Waals surface area contributed by atoms with Crippen molar-refractivity contribution in [2.45, 2.75) is 19.1 Å². The van der Waals surface area contributed by atoms with Crippen molar-refractivity contribution in [1.29, 1.82) is 0 Å². The average Bonchev–Trinajstić information content (AvgIpc) is 2.62. The van der Waals surface area contributed by atoms with Crippen LogP contribution in [0.3, 0.4) is 0 Å². The summed E-state index contributed by atoms with van der Waals surface area (Å²) in [5, 5.41) is 11.9. The minimum Gasteiger partial charge on any atom is -0.336 e. The third-order valence-electron chi connectivity index (χ3n) is 4.24. The molecular formula is C18H21F2N3O2. The molecule has 134 valence electrons. The van der Waals surface area contributed by atoms with Crippen LogP contribution in [-0.4, -0.2) is 42.3 Å². The quantitative estimate of drug-likeness (QED) is 0.554. The van der Waals surface area contributed by atoms with E-state index in [0.29, 0.717) is 0 Å². The Kier molecular flexibility index (Phi) is 6.19. The molecule has 1 amide bonds. The summed E-state index contributed by atoms with van der Waals surface area (Å²) in [6.45, 7) is 1.73. The molecule has 2 rings (SSSR count). The molecule has 0 aromatic heterocycles. The first-order chi connectivity index (χ1) is 11.9. The van der Waals surface area contributed by atoms with Gasteiger partial charge < -0.3 is 15.4 Å². The van der Waals surface area contributed by atoms with Crippen LogP contribution in [0.25, 0.3) is 11.1 Å². The number of rotatable bonds is 6. The highest BCUT2D eigenvalue weighted by Crippen LogP contribution is 2.26. The Balaban J connectivity index is 2.28. The van der Waals surface area contributed by atoms with Crippen LogP contribution in [0.1, 0.15) is 17.3 Å². The van der Waals surface area contributed by atoms with E-state index in [2.05, 4.69) is 10.8 Å². The lowest BCUT2D eigenvalue weighted by atomic mass is 10.0. The molecule has 2 unspecified atom stereocenters. The molecule has 7 heteroatoms. The second-order valence-corrected chi connectivity index (χ2v) is 5.73. The van der Waals surface area contributed by atoms with Crippen LogP contribution >= 0.6 is 0 Å². The van der Waals surface area contributed by atoms with Gasteiger partial charge in [-0.2, -0.15) is 5.48 Å². The van der Waals surface area contributed by atoms with Gasteiger partial charge in [-0.15, -0.1) is 0 Å². The van der Waals surface area contributed by atoms with E-state index < -0.39 is 29.7 Å². The van der Waals surface area contributed by atoms with E-state index in [1.54, 1.807) is 27.1 Å². The molecule has 0 aliphatic carbocycles. The zero-order valence-corrected chi connectivity index (χ0v) is 14.3. The van der Waals surface area contributed by atoms with Gasteiger partial charge in [0.15, 0.2) is 0 Å². The summed E-state index contributed by atoms with van der Waals surface area (Å²) >= 11 is 0. The molecule has 0 saturated carbocycles. The number of nitrogens with zero attached hydrogens (tertiary/aromatic N) is 1. The molecular weight excluding hydrogens is 328 g/mol. The standard InChI is InChI=1S/C18H21F2N3O2/c1-11(17(21-2)22-25)23(3)18(24)12-8-9-14(16(20)10-12)13-6-4-5-7-15(13)19/h4-11,17,21-22,25H,1-3H3. The number of likely N-dealkylation sites (N-methyl/N-ethyl adjacent to an activating group) is 2. The van der Waals surface area contributed by atoms with Crippen molar-refractivity contribution in [3.8, 4) is 11.1 Å². The van der Waals surface area contributed by atoms with E-state index in [1.807, 2.05) is 0 Å². The first-order valence-electron chi connectivity index (χ1n) is 7.79. The molecule has 5 nitrogen and oxygen atoms in total. The third kappa shape index (κ3) is 4.01. The van der Waals surface area contributed by atoms with E-state index in [4.69, 9.17) is 5.21 Å². The maximum atomic E-state index is 14.4. The largest absolute Gasteiger partial charge is 0.336 e. The number of hydroxylamine groups is 1. The van der Waals surface area contributed by atoms with Crippen molar-refractivity contribution >= 4 is 5.91 Å². The van der Waals surface area contributed by atoms with Gasteiger partial charge in [0.05, 0.1) is 6.04 Å². The van der Waals surface area contributed by atoms with Crippen LogP contribution < -0.4 is 10.8 Å². The second kappa shape index (κ2) is 8.15. The van der Waals surface area contributed by atoms with Crippen molar-refractivity contribution in [3.63, 3.8) is 0 Å². The zero-order chi connectivity index (χ0) is 18.6. The fraction of sp³-hybridized carbons (Fsp3) is 0.278. The van der Waals surface area contributed by atoms with E-state index in [0.717, 1.165) is 6.07 Å². The molecule has 0 spiro atoms.